The Bertz CT molecular complexity index is 548. The second-order valence-corrected chi connectivity index (χ2v) is 6.60. The van der Waals surface area contributed by atoms with Crippen LogP contribution in [0.15, 0.2) is 41.7 Å². The highest BCUT2D eigenvalue weighted by Gasteiger charge is 2.03. The van der Waals surface area contributed by atoms with E-state index in [2.05, 4.69) is 59.9 Å². The number of thioether (sulfide) groups is 1. The highest BCUT2D eigenvalue weighted by atomic mass is 32.2. The van der Waals surface area contributed by atoms with Gasteiger partial charge in [0, 0.05) is 41.7 Å². The third-order valence-corrected chi connectivity index (χ3v) is 4.29. The van der Waals surface area contributed by atoms with Crippen molar-refractivity contribution in [1.82, 2.24) is 14.9 Å². The van der Waals surface area contributed by atoms with E-state index in [1.165, 1.54) is 16.2 Å². The molecule has 0 radical (unpaired) electrons. The topological polar surface area (TPSA) is 29.9 Å². The van der Waals surface area contributed by atoms with Gasteiger partial charge in [0.25, 0.3) is 0 Å². The molecule has 3 nitrogen and oxygen atoms in total. The Balaban J connectivity index is 1.93. The van der Waals surface area contributed by atoms with Gasteiger partial charge in [-0.3, -0.25) is 0 Å². The van der Waals surface area contributed by atoms with Gasteiger partial charge in [-0.25, -0.2) is 4.98 Å². The minimum Gasteiger partial charge on any atom is -0.334 e. The largest absolute Gasteiger partial charge is 0.334 e. The van der Waals surface area contributed by atoms with Crippen LogP contribution in [-0.2, 0) is 18.8 Å². The second kappa shape index (κ2) is 8.25. The van der Waals surface area contributed by atoms with Crippen LogP contribution in [0, 0.1) is 0 Å². The zero-order chi connectivity index (χ0) is 15.1. The number of hydrogen-bond donors (Lipinski definition) is 1. The van der Waals surface area contributed by atoms with Crippen LogP contribution in [0.25, 0.3) is 0 Å². The maximum absolute atomic E-state index is 4.26. The van der Waals surface area contributed by atoms with Crippen molar-refractivity contribution >= 4 is 11.8 Å². The number of benzene rings is 1. The lowest BCUT2D eigenvalue weighted by Crippen LogP contribution is -2.21. The highest BCUT2D eigenvalue weighted by Crippen LogP contribution is 2.23. The molecule has 2 rings (SSSR count). The summed E-state index contributed by atoms with van der Waals surface area (Å²) < 4.78 is 2.25. The van der Waals surface area contributed by atoms with Gasteiger partial charge in [0.2, 0.25) is 0 Å². The zero-order valence-electron chi connectivity index (χ0n) is 13.2. The van der Waals surface area contributed by atoms with Crippen molar-refractivity contribution in [2.45, 2.75) is 57.0 Å². The van der Waals surface area contributed by atoms with Crippen LogP contribution in [0.5, 0.6) is 0 Å². The molecule has 0 aliphatic heterocycles. The first-order valence-corrected chi connectivity index (χ1v) is 8.61. The molecule has 4 heteroatoms. The molecule has 0 bridgehead atoms. The molecule has 21 heavy (non-hydrogen) atoms. The first kappa shape index (κ1) is 16.1. The SMILES string of the molecule is CCCn1cncc1CSc1cccc(CNC(C)C)c1. The number of nitrogens with one attached hydrogen (secondary N) is 1. The minimum absolute atomic E-state index is 0.518. The molecule has 0 unspecified atom stereocenters. The lowest BCUT2D eigenvalue weighted by molar-refractivity contribution is 0.588. The van der Waals surface area contributed by atoms with Gasteiger partial charge in [-0.05, 0) is 24.1 Å². The molecule has 0 amide bonds. The molecule has 2 aromatic rings. The standard InChI is InChI=1S/C17H25N3S/c1-4-8-20-13-18-11-16(20)12-21-17-7-5-6-15(9-17)10-19-14(2)3/h5-7,9,11,13-14,19H,4,8,10,12H2,1-3H3. The first-order valence-electron chi connectivity index (χ1n) is 7.63. The average molecular weight is 303 g/mol. The smallest absolute Gasteiger partial charge is 0.0948 e. The fourth-order valence-corrected chi connectivity index (χ4v) is 3.10. The van der Waals surface area contributed by atoms with E-state index < -0.39 is 0 Å². The van der Waals surface area contributed by atoms with E-state index in [1.807, 2.05) is 24.3 Å². The van der Waals surface area contributed by atoms with Crippen LogP contribution in [0.4, 0.5) is 0 Å². The lowest BCUT2D eigenvalue weighted by atomic mass is 10.2. The summed E-state index contributed by atoms with van der Waals surface area (Å²) in [6.45, 7) is 8.52. The Morgan fingerprint density at radius 3 is 2.95 bits per heavy atom. The number of rotatable bonds is 8. The van der Waals surface area contributed by atoms with E-state index in [0.29, 0.717) is 6.04 Å². The fraction of sp³-hybridized carbons (Fsp3) is 0.471. The predicted molar refractivity (Wildman–Crippen MR) is 90.5 cm³/mol. The van der Waals surface area contributed by atoms with Gasteiger partial charge >= 0.3 is 0 Å². The monoisotopic (exact) mass is 303 g/mol. The molecule has 0 atom stereocenters. The molecule has 0 fully saturated rings. The fourth-order valence-electron chi connectivity index (χ4n) is 2.14. The van der Waals surface area contributed by atoms with Crippen LogP contribution in [0.2, 0.25) is 0 Å². The molecular weight excluding hydrogens is 278 g/mol. The Hall–Kier alpha value is -1.26. The van der Waals surface area contributed by atoms with Gasteiger partial charge in [-0.1, -0.05) is 32.9 Å². The summed E-state index contributed by atoms with van der Waals surface area (Å²) in [5.41, 5.74) is 2.64. The summed E-state index contributed by atoms with van der Waals surface area (Å²) in [4.78, 5) is 5.58. The molecule has 0 aliphatic carbocycles. The number of imidazole rings is 1. The van der Waals surface area contributed by atoms with E-state index >= 15 is 0 Å². The van der Waals surface area contributed by atoms with Crippen LogP contribution >= 0.6 is 11.8 Å². The molecule has 0 saturated heterocycles. The summed E-state index contributed by atoms with van der Waals surface area (Å²) in [6.07, 6.45) is 5.06. The summed E-state index contributed by atoms with van der Waals surface area (Å²) in [7, 11) is 0. The molecule has 1 heterocycles. The van der Waals surface area contributed by atoms with E-state index in [1.54, 1.807) is 0 Å². The van der Waals surface area contributed by atoms with Crippen molar-refractivity contribution in [2.24, 2.45) is 0 Å². The second-order valence-electron chi connectivity index (χ2n) is 5.55. The third kappa shape index (κ3) is 5.21. The summed E-state index contributed by atoms with van der Waals surface area (Å²) in [5.74, 6) is 0.973. The Morgan fingerprint density at radius 2 is 2.19 bits per heavy atom. The molecule has 0 saturated carbocycles. The predicted octanol–water partition coefficient (Wildman–Crippen LogP) is 4.08. The normalized spacial score (nSPS) is 11.2. The van der Waals surface area contributed by atoms with Gasteiger partial charge < -0.3 is 9.88 Å². The molecule has 0 spiro atoms. The van der Waals surface area contributed by atoms with E-state index in [4.69, 9.17) is 0 Å². The summed E-state index contributed by atoms with van der Waals surface area (Å²) in [6, 6.07) is 9.30. The zero-order valence-corrected chi connectivity index (χ0v) is 14.0. The van der Waals surface area contributed by atoms with Gasteiger partial charge in [0.1, 0.15) is 0 Å². The van der Waals surface area contributed by atoms with Gasteiger partial charge in [0.05, 0.1) is 6.33 Å². The van der Waals surface area contributed by atoms with Crippen molar-refractivity contribution in [2.75, 3.05) is 0 Å². The van der Waals surface area contributed by atoms with Crippen molar-refractivity contribution in [3.63, 3.8) is 0 Å². The van der Waals surface area contributed by atoms with Crippen molar-refractivity contribution < 1.29 is 0 Å². The average Bonchev–Trinajstić information content (AvgIpc) is 2.91. The molecular formula is C17H25N3S. The van der Waals surface area contributed by atoms with Gasteiger partial charge in [-0.2, -0.15) is 0 Å². The quantitative estimate of drug-likeness (QED) is 0.745. The van der Waals surface area contributed by atoms with E-state index in [9.17, 15) is 0 Å². The Labute approximate surface area is 132 Å². The van der Waals surface area contributed by atoms with Crippen molar-refractivity contribution in [3.8, 4) is 0 Å². The number of aryl methyl sites for hydroxylation is 1. The van der Waals surface area contributed by atoms with Crippen molar-refractivity contribution in [3.05, 3.63) is 48.0 Å². The Morgan fingerprint density at radius 1 is 1.33 bits per heavy atom. The van der Waals surface area contributed by atoms with Crippen LogP contribution in [0.1, 0.15) is 38.4 Å². The van der Waals surface area contributed by atoms with Gasteiger partial charge in [0.15, 0.2) is 0 Å². The number of hydrogen-bond acceptors (Lipinski definition) is 3. The molecule has 1 N–H and O–H groups in total. The maximum Gasteiger partial charge on any atom is 0.0948 e. The number of aromatic nitrogens is 2. The van der Waals surface area contributed by atoms with Crippen LogP contribution in [0.3, 0.4) is 0 Å². The molecule has 114 valence electrons. The van der Waals surface area contributed by atoms with Crippen LogP contribution in [-0.4, -0.2) is 15.6 Å². The van der Waals surface area contributed by atoms with Crippen LogP contribution < -0.4 is 5.32 Å². The van der Waals surface area contributed by atoms with E-state index in [0.717, 1.165) is 25.3 Å². The molecule has 1 aromatic carbocycles. The third-order valence-electron chi connectivity index (χ3n) is 3.26. The Kier molecular flexibility index (Phi) is 6.33. The molecule has 0 aliphatic rings. The first-order chi connectivity index (χ1) is 10.2. The molecule has 1 aromatic heterocycles. The minimum atomic E-state index is 0.518. The van der Waals surface area contributed by atoms with Gasteiger partial charge in [-0.15, -0.1) is 11.8 Å². The lowest BCUT2D eigenvalue weighted by Gasteiger charge is -2.10. The maximum atomic E-state index is 4.26. The van der Waals surface area contributed by atoms with Crippen molar-refractivity contribution in [1.29, 1.82) is 0 Å². The van der Waals surface area contributed by atoms with E-state index in [-0.39, 0.29) is 0 Å². The summed E-state index contributed by atoms with van der Waals surface area (Å²) >= 11 is 1.88. The summed E-state index contributed by atoms with van der Waals surface area (Å²) in [5, 5.41) is 3.46. The highest BCUT2D eigenvalue weighted by molar-refractivity contribution is 7.98. The number of nitrogens with zero attached hydrogens (tertiary/aromatic N) is 2.